The third kappa shape index (κ3) is 7.15. The highest BCUT2D eigenvalue weighted by atomic mass is 16.5. The number of likely N-dealkylation sites (tertiary alicyclic amines) is 1. The van der Waals surface area contributed by atoms with E-state index in [1.807, 2.05) is 49.4 Å². The molecule has 2 aromatic rings. The highest BCUT2D eigenvalue weighted by molar-refractivity contribution is 5.94. The minimum Gasteiger partial charge on any atom is -0.462 e. The normalized spacial score (nSPS) is 24.0. The molecule has 3 heterocycles. The lowest BCUT2D eigenvalue weighted by molar-refractivity contribution is -0.165. The fourth-order valence-electron chi connectivity index (χ4n) is 5.28. The van der Waals surface area contributed by atoms with Crippen LogP contribution in [0.3, 0.4) is 0 Å². The molecular formula is C29H39N3O5. The molecule has 1 aromatic carbocycles. The molecule has 200 valence electrons. The summed E-state index contributed by atoms with van der Waals surface area (Å²) in [5, 5.41) is 21.0. The molecule has 0 radical (unpaired) electrons. The molecule has 2 saturated heterocycles. The molecule has 1 spiro atoms. The van der Waals surface area contributed by atoms with E-state index in [9.17, 15) is 19.8 Å². The van der Waals surface area contributed by atoms with Crippen molar-refractivity contribution >= 4 is 11.9 Å². The number of pyridine rings is 1. The van der Waals surface area contributed by atoms with Crippen molar-refractivity contribution in [2.45, 2.75) is 64.2 Å². The van der Waals surface area contributed by atoms with Gasteiger partial charge in [0.25, 0.3) is 5.91 Å². The van der Waals surface area contributed by atoms with E-state index in [2.05, 4.69) is 9.88 Å². The topological polar surface area (TPSA) is 103 Å². The summed E-state index contributed by atoms with van der Waals surface area (Å²) in [5.74, 6) is -0.371. The zero-order valence-electron chi connectivity index (χ0n) is 21.7. The molecule has 4 rings (SSSR count). The van der Waals surface area contributed by atoms with Gasteiger partial charge in [-0.15, -0.1) is 0 Å². The van der Waals surface area contributed by atoms with Gasteiger partial charge in [0.2, 0.25) is 0 Å². The van der Waals surface area contributed by atoms with Gasteiger partial charge in [-0.25, -0.2) is 0 Å². The van der Waals surface area contributed by atoms with E-state index in [0.717, 1.165) is 43.7 Å². The van der Waals surface area contributed by atoms with Crippen LogP contribution in [0.5, 0.6) is 0 Å². The number of hydrogen-bond acceptors (Lipinski definition) is 7. The summed E-state index contributed by atoms with van der Waals surface area (Å²) in [6.45, 7) is 4.86. The number of aryl methyl sites for hydroxylation is 1. The van der Waals surface area contributed by atoms with Gasteiger partial charge < -0.3 is 19.8 Å². The zero-order valence-corrected chi connectivity index (χ0v) is 21.7. The molecule has 1 aromatic heterocycles. The van der Waals surface area contributed by atoms with E-state index < -0.39 is 17.6 Å². The second-order valence-corrected chi connectivity index (χ2v) is 10.5. The number of nitrogens with zero attached hydrogens (tertiary/aromatic N) is 3. The summed E-state index contributed by atoms with van der Waals surface area (Å²) in [6, 6.07) is 13.4. The molecule has 2 N–H and O–H groups in total. The quantitative estimate of drug-likeness (QED) is 0.613. The zero-order chi connectivity index (χ0) is 26.3. The first kappa shape index (κ1) is 27.2. The average Bonchev–Trinajstić information content (AvgIpc) is 2.92. The number of amides is 1. The lowest BCUT2D eigenvalue weighted by Crippen LogP contribution is -2.46. The van der Waals surface area contributed by atoms with Crippen LogP contribution < -0.4 is 0 Å². The highest BCUT2D eigenvalue weighted by Crippen LogP contribution is 2.38. The fourth-order valence-corrected chi connectivity index (χ4v) is 5.28. The average molecular weight is 510 g/mol. The number of hydrogen-bond donors (Lipinski definition) is 2. The highest BCUT2D eigenvalue weighted by Gasteiger charge is 2.42. The number of aromatic nitrogens is 1. The van der Waals surface area contributed by atoms with Gasteiger partial charge in [0.15, 0.2) is 0 Å². The van der Waals surface area contributed by atoms with Gasteiger partial charge in [0, 0.05) is 31.4 Å². The Labute approximate surface area is 219 Å². The van der Waals surface area contributed by atoms with Crippen LogP contribution in [0.2, 0.25) is 0 Å². The largest absolute Gasteiger partial charge is 0.462 e. The molecule has 0 unspecified atom stereocenters. The first-order chi connectivity index (χ1) is 17.9. The maximum absolute atomic E-state index is 13.3. The van der Waals surface area contributed by atoms with Crippen LogP contribution in [0.4, 0.5) is 0 Å². The van der Waals surface area contributed by atoms with Crippen molar-refractivity contribution in [3.63, 3.8) is 0 Å². The SMILES string of the molecule is Cc1ccc(C(=O)N2CCCCC3(CCN(Cc4ccccn4)CC3)C(=O)OC[C@@H](O)[C@@H](O)CC2)cc1. The van der Waals surface area contributed by atoms with Crippen LogP contribution in [0.1, 0.15) is 60.1 Å². The van der Waals surface area contributed by atoms with Gasteiger partial charge in [-0.05, 0) is 76.4 Å². The number of piperidine rings is 1. The van der Waals surface area contributed by atoms with Gasteiger partial charge >= 0.3 is 5.97 Å². The minimum absolute atomic E-state index is 0.0820. The van der Waals surface area contributed by atoms with Crippen LogP contribution in [-0.4, -0.2) is 81.9 Å². The molecule has 8 heteroatoms. The van der Waals surface area contributed by atoms with E-state index in [1.54, 1.807) is 11.1 Å². The monoisotopic (exact) mass is 509 g/mol. The van der Waals surface area contributed by atoms with Gasteiger partial charge in [0.05, 0.1) is 17.2 Å². The predicted octanol–water partition coefficient (Wildman–Crippen LogP) is 2.95. The van der Waals surface area contributed by atoms with Crippen LogP contribution in [0.15, 0.2) is 48.7 Å². The van der Waals surface area contributed by atoms with E-state index in [4.69, 9.17) is 4.74 Å². The number of ether oxygens (including phenoxy) is 1. The lowest BCUT2D eigenvalue weighted by atomic mass is 9.74. The second kappa shape index (κ2) is 12.6. The summed E-state index contributed by atoms with van der Waals surface area (Å²) in [4.78, 5) is 35.0. The summed E-state index contributed by atoms with van der Waals surface area (Å²) in [7, 11) is 0. The van der Waals surface area contributed by atoms with Crippen molar-refractivity contribution in [2.24, 2.45) is 5.41 Å². The van der Waals surface area contributed by atoms with Crippen molar-refractivity contribution in [2.75, 3.05) is 32.8 Å². The second-order valence-electron chi connectivity index (χ2n) is 10.5. The van der Waals surface area contributed by atoms with Crippen LogP contribution >= 0.6 is 0 Å². The number of esters is 1. The van der Waals surface area contributed by atoms with Crippen molar-refractivity contribution < 1.29 is 24.5 Å². The van der Waals surface area contributed by atoms with Crippen LogP contribution in [-0.2, 0) is 16.1 Å². The Balaban J connectivity index is 1.43. The number of cyclic esters (lactones) is 1. The number of aliphatic hydroxyl groups is 2. The standard InChI is InChI=1S/C29H39N3O5/c1-22-7-9-23(10-8-22)27(35)32-16-5-3-12-29(28(36)37-21-26(34)25(33)11-17-32)13-18-31(19-14-29)20-24-6-2-4-15-30-24/h2,4,6-10,15,25-26,33-34H,3,5,11-14,16-21H2,1H3/t25-,26+/m0/s1. The molecule has 2 fully saturated rings. The third-order valence-corrected chi connectivity index (χ3v) is 7.80. The molecule has 2 atom stereocenters. The van der Waals surface area contributed by atoms with Crippen LogP contribution in [0, 0.1) is 12.3 Å². The molecule has 1 amide bonds. The van der Waals surface area contributed by atoms with Gasteiger partial charge in [-0.3, -0.25) is 19.5 Å². The summed E-state index contributed by atoms with van der Waals surface area (Å²) in [6.07, 6.45) is 3.28. The molecule has 2 aliphatic heterocycles. The van der Waals surface area contributed by atoms with E-state index in [0.29, 0.717) is 37.9 Å². The Kier molecular flexibility index (Phi) is 9.29. The Morgan fingerprint density at radius 1 is 1.00 bits per heavy atom. The summed E-state index contributed by atoms with van der Waals surface area (Å²) < 4.78 is 5.58. The molecule has 0 bridgehead atoms. The van der Waals surface area contributed by atoms with Crippen LogP contribution in [0.25, 0.3) is 0 Å². The molecule has 0 aliphatic carbocycles. The van der Waals surface area contributed by atoms with Crippen molar-refractivity contribution in [1.29, 1.82) is 0 Å². The van der Waals surface area contributed by atoms with E-state index >= 15 is 0 Å². The van der Waals surface area contributed by atoms with Gasteiger partial charge in [0.1, 0.15) is 12.7 Å². The maximum atomic E-state index is 13.3. The maximum Gasteiger partial charge on any atom is 0.312 e. The number of benzene rings is 1. The van der Waals surface area contributed by atoms with E-state index in [-0.39, 0.29) is 24.9 Å². The number of carbonyl (C=O) groups excluding carboxylic acids is 2. The molecule has 8 nitrogen and oxygen atoms in total. The number of aliphatic hydroxyl groups excluding tert-OH is 2. The predicted molar refractivity (Wildman–Crippen MR) is 140 cm³/mol. The molecular weight excluding hydrogens is 470 g/mol. The minimum atomic E-state index is -1.19. The summed E-state index contributed by atoms with van der Waals surface area (Å²) >= 11 is 0. The fraction of sp³-hybridized carbons (Fsp3) is 0.552. The van der Waals surface area contributed by atoms with Gasteiger partial charge in [-0.2, -0.15) is 0 Å². The smallest absolute Gasteiger partial charge is 0.312 e. The van der Waals surface area contributed by atoms with Gasteiger partial charge in [-0.1, -0.05) is 30.2 Å². The molecule has 2 aliphatic rings. The van der Waals surface area contributed by atoms with E-state index in [1.165, 1.54) is 0 Å². The number of carbonyl (C=O) groups is 2. The Hall–Kier alpha value is -2.81. The Morgan fingerprint density at radius 2 is 1.76 bits per heavy atom. The first-order valence-electron chi connectivity index (χ1n) is 13.4. The van der Waals surface area contributed by atoms with Crippen molar-refractivity contribution in [3.8, 4) is 0 Å². The Bertz CT molecular complexity index is 1020. The number of rotatable bonds is 3. The Morgan fingerprint density at radius 3 is 2.46 bits per heavy atom. The first-order valence-corrected chi connectivity index (χ1v) is 13.4. The van der Waals surface area contributed by atoms with Crippen molar-refractivity contribution in [3.05, 3.63) is 65.5 Å². The summed E-state index contributed by atoms with van der Waals surface area (Å²) in [5.41, 5.74) is 2.08. The third-order valence-electron chi connectivity index (χ3n) is 7.80. The molecule has 0 saturated carbocycles. The van der Waals surface area contributed by atoms with Crippen molar-refractivity contribution in [1.82, 2.24) is 14.8 Å². The lowest BCUT2D eigenvalue weighted by Gasteiger charge is -2.40. The molecule has 37 heavy (non-hydrogen) atoms.